The summed E-state index contributed by atoms with van der Waals surface area (Å²) < 4.78 is 0. The molecule has 1 aliphatic heterocycles. The van der Waals surface area contributed by atoms with E-state index < -0.39 is 0 Å². The number of nitrogens with one attached hydrogen (secondary N) is 1. The van der Waals surface area contributed by atoms with E-state index in [9.17, 15) is 4.79 Å². The minimum atomic E-state index is -0.0941. The van der Waals surface area contributed by atoms with Crippen LogP contribution in [0.2, 0.25) is 5.02 Å². The van der Waals surface area contributed by atoms with Gasteiger partial charge in [0, 0.05) is 31.9 Å². The topological polar surface area (TPSA) is 35.6 Å². The van der Waals surface area contributed by atoms with Crippen molar-refractivity contribution >= 4 is 29.0 Å². The van der Waals surface area contributed by atoms with Crippen molar-refractivity contribution in [2.45, 2.75) is 13.8 Å². The zero-order valence-corrected chi connectivity index (χ0v) is 14.8. The zero-order chi connectivity index (χ0) is 17.1. The highest BCUT2D eigenvalue weighted by Gasteiger charge is 2.22. The van der Waals surface area contributed by atoms with E-state index in [-0.39, 0.29) is 6.03 Å². The molecule has 4 nitrogen and oxygen atoms in total. The van der Waals surface area contributed by atoms with Crippen molar-refractivity contribution in [1.29, 1.82) is 0 Å². The summed E-state index contributed by atoms with van der Waals surface area (Å²) in [5.41, 5.74) is 4.46. The Morgan fingerprint density at radius 3 is 2.42 bits per heavy atom. The fraction of sp³-hybridized carbons (Fsp3) is 0.316. The minimum absolute atomic E-state index is 0.0941. The molecule has 2 aromatic rings. The fourth-order valence-electron chi connectivity index (χ4n) is 3.07. The summed E-state index contributed by atoms with van der Waals surface area (Å²) in [6.45, 7) is 7.31. The molecule has 126 valence electrons. The Morgan fingerprint density at radius 2 is 1.75 bits per heavy atom. The number of carbonyl (C=O) groups excluding carboxylic acids is 1. The summed E-state index contributed by atoms with van der Waals surface area (Å²) in [7, 11) is 0. The summed E-state index contributed by atoms with van der Waals surface area (Å²) in [6.07, 6.45) is 0. The van der Waals surface area contributed by atoms with Crippen LogP contribution >= 0.6 is 11.6 Å². The van der Waals surface area contributed by atoms with E-state index in [1.54, 1.807) is 6.07 Å². The van der Waals surface area contributed by atoms with Crippen LogP contribution in [0.15, 0.2) is 42.5 Å². The van der Waals surface area contributed by atoms with Gasteiger partial charge in [-0.05, 0) is 37.6 Å². The number of carbonyl (C=O) groups is 1. The molecule has 0 radical (unpaired) electrons. The number of anilines is 2. The van der Waals surface area contributed by atoms with E-state index in [4.69, 9.17) is 11.6 Å². The van der Waals surface area contributed by atoms with Gasteiger partial charge in [-0.25, -0.2) is 4.79 Å². The van der Waals surface area contributed by atoms with Crippen LogP contribution in [0.3, 0.4) is 0 Å². The van der Waals surface area contributed by atoms with Gasteiger partial charge in [0.1, 0.15) is 0 Å². The molecule has 1 N–H and O–H groups in total. The molecule has 2 aromatic carbocycles. The third kappa shape index (κ3) is 3.65. The summed E-state index contributed by atoms with van der Waals surface area (Å²) in [5, 5.41) is 3.45. The Kier molecular flexibility index (Phi) is 4.95. The number of piperazine rings is 1. The quantitative estimate of drug-likeness (QED) is 0.881. The van der Waals surface area contributed by atoms with Gasteiger partial charge >= 0.3 is 6.03 Å². The molecule has 1 aliphatic rings. The smallest absolute Gasteiger partial charge is 0.322 e. The van der Waals surface area contributed by atoms with E-state index in [2.05, 4.69) is 42.3 Å². The standard InChI is InChI=1S/C19H22ClN3O/c1-14-7-8-18(15(2)13-14)22-9-11-23(12-10-22)19(24)21-17-6-4-3-5-16(17)20/h3-8,13H,9-12H2,1-2H3,(H,21,24). The molecule has 5 heteroatoms. The summed E-state index contributed by atoms with van der Waals surface area (Å²) in [5.74, 6) is 0. The lowest BCUT2D eigenvalue weighted by atomic mass is 10.1. The lowest BCUT2D eigenvalue weighted by molar-refractivity contribution is 0.208. The van der Waals surface area contributed by atoms with Gasteiger partial charge in [0.05, 0.1) is 10.7 Å². The highest BCUT2D eigenvalue weighted by molar-refractivity contribution is 6.33. The number of rotatable bonds is 2. The molecular weight excluding hydrogens is 322 g/mol. The van der Waals surface area contributed by atoms with Crippen LogP contribution in [0.5, 0.6) is 0 Å². The zero-order valence-electron chi connectivity index (χ0n) is 14.1. The SMILES string of the molecule is Cc1ccc(N2CCN(C(=O)Nc3ccccc3Cl)CC2)c(C)c1. The van der Waals surface area contributed by atoms with Gasteiger partial charge in [-0.15, -0.1) is 0 Å². The predicted molar refractivity (Wildman–Crippen MR) is 100 cm³/mol. The maximum atomic E-state index is 12.4. The van der Waals surface area contributed by atoms with Crippen molar-refractivity contribution in [3.63, 3.8) is 0 Å². The number of urea groups is 1. The van der Waals surface area contributed by atoms with Crippen LogP contribution in [0.1, 0.15) is 11.1 Å². The first kappa shape index (κ1) is 16.7. The summed E-state index contributed by atoms with van der Waals surface area (Å²) in [6, 6.07) is 13.7. The third-order valence-corrected chi connectivity index (χ3v) is 4.70. The third-order valence-electron chi connectivity index (χ3n) is 4.38. The molecule has 0 bridgehead atoms. The summed E-state index contributed by atoms with van der Waals surface area (Å²) in [4.78, 5) is 16.6. The highest BCUT2D eigenvalue weighted by Crippen LogP contribution is 2.24. The Hall–Kier alpha value is -2.20. The number of para-hydroxylation sites is 1. The van der Waals surface area contributed by atoms with Gasteiger partial charge < -0.3 is 15.1 Å². The number of hydrogen-bond donors (Lipinski definition) is 1. The van der Waals surface area contributed by atoms with Gasteiger partial charge in [-0.1, -0.05) is 41.4 Å². The molecule has 0 saturated carbocycles. The molecular formula is C19H22ClN3O. The Bertz CT molecular complexity index is 739. The van der Waals surface area contributed by atoms with Crippen LogP contribution in [-0.2, 0) is 0 Å². The first-order chi connectivity index (χ1) is 11.5. The predicted octanol–water partition coefficient (Wildman–Crippen LogP) is 4.31. The largest absolute Gasteiger partial charge is 0.368 e. The molecule has 3 rings (SSSR count). The van der Waals surface area contributed by atoms with Crippen molar-refractivity contribution in [2.75, 3.05) is 36.4 Å². The monoisotopic (exact) mass is 343 g/mol. The molecule has 1 heterocycles. The van der Waals surface area contributed by atoms with Crippen LogP contribution in [0.25, 0.3) is 0 Å². The second-order valence-corrected chi connectivity index (χ2v) is 6.58. The van der Waals surface area contributed by atoms with Gasteiger partial charge in [0.2, 0.25) is 0 Å². The lowest BCUT2D eigenvalue weighted by Crippen LogP contribution is -2.50. The van der Waals surface area contributed by atoms with E-state index in [1.807, 2.05) is 23.1 Å². The number of aryl methyl sites for hydroxylation is 2. The van der Waals surface area contributed by atoms with Crippen LogP contribution < -0.4 is 10.2 Å². The molecule has 0 aliphatic carbocycles. The Balaban J connectivity index is 1.60. The molecule has 0 aromatic heterocycles. The highest BCUT2D eigenvalue weighted by atomic mass is 35.5. The van der Waals surface area contributed by atoms with Crippen molar-refractivity contribution in [2.24, 2.45) is 0 Å². The molecule has 24 heavy (non-hydrogen) atoms. The average Bonchev–Trinajstić information content (AvgIpc) is 2.57. The molecule has 1 saturated heterocycles. The fourth-order valence-corrected chi connectivity index (χ4v) is 3.25. The number of halogens is 1. The maximum absolute atomic E-state index is 12.4. The summed E-state index contributed by atoms with van der Waals surface area (Å²) >= 11 is 6.10. The first-order valence-electron chi connectivity index (χ1n) is 8.17. The van der Waals surface area contributed by atoms with Crippen molar-refractivity contribution < 1.29 is 4.79 Å². The lowest BCUT2D eigenvalue weighted by Gasteiger charge is -2.36. The normalized spacial score (nSPS) is 14.6. The van der Waals surface area contributed by atoms with E-state index in [0.717, 1.165) is 13.1 Å². The van der Waals surface area contributed by atoms with Gasteiger partial charge in [-0.2, -0.15) is 0 Å². The second kappa shape index (κ2) is 7.14. The van der Waals surface area contributed by atoms with Crippen molar-refractivity contribution in [1.82, 2.24) is 4.90 Å². The molecule has 0 atom stereocenters. The average molecular weight is 344 g/mol. The number of nitrogens with zero attached hydrogens (tertiary/aromatic N) is 2. The number of hydrogen-bond acceptors (Lipinski definition) is 2. The van der Waals surface area contributed by atoms with Crippen LogP contribution in [0.4, 0.5) is 16.2 Å². The molecule has 1 fully saturated rings. The number of amides is 2. The van der Waals surface area contributed by atoms with Crippen LogP contribution in [-0.4, -0.2) is 37.1 Å². The maximum Gasteiger partial charge on any atom is 0.322 e. The van der Waals surface area contributed by atoms with E-state index in [0.29, 0.717) is 23.8 Å². The van der Waals surface area contributed by atoms with Crippen LogP contribution in [0, 0.1) is 13.8 Å². The Morgan fingerprint density at radius 1 is 1.04 bits per heavy atom. The minimum Gasteiger partial charge on any atom is -0.368 e. The first-order valence-corrected chi connectivity index (χ1v) is 8.55. The second-order valence-electron chi connectivity index (χ2n) is 6.17. The molecule has 2 amide bonds. The number of benzene rings is 2. The molecule has 0 spiro atoms. The van der Waals surface area contributed by atoms with Crippen molar-refractivity contribution in [3.8, 4) is 0 Å². The van der Waals surface area contributed by atoms with E-state index in [1.165, 1.54) is 16.8 Å². The van der Waals surface area contributed by atoms with Gasteiger partial charge in [-0.3, -0.25) is 0 Å². The van der Waals surface area contributed by atoms with Gasteiger partial charge in [0.15, 0.2) is 0 Å². The van der Waals surface area contributed by atoms with Crippen molar-refractivity contribution in [3.05, 3.63) is 58.6 Å². The van der Waals surface area contributed by atoms with E-state index >= 15 is 0 Å². The Labute approximate surface area is 148 Å². The van der Waals surface area contributed by atoms with Gasteiger partial charge in [0.25, 0.3) is 0 Å². The molecule has 0 unspecified atom stereocenters.